The summed E-state index contributed by atoms with van der Waals surface area (Å²) in [7, 11) is -3.41. The second-order valence-corrected chi connectivity index (χ2v) is 11.2. The highest BCUT2D eigenvalue weighted by molar-refractivity contribution is 7.90. The van der Waals surface area contributed by atoms with Crippen molar-refractivity contribution < 1.29 is 22.3 Å². The molecule has 3 rings (SSSR count). The molecule has 0 fully saturated rings. The largest absolute Gasteiger partial charge is 0.487 e. The minimum Gasteiger partial charge on any atom is -0.487 e. The van der Waals surface area contributed by atoms with E-state index in [0.717, 1.165) is 17.9 Å². The molecule has 0 aliphatic rings. The van der Waals surface area contributed by atoms with E-state index >= 15 is 0 Å². The van der Waals surface area contributed by atoms with E-state index in [9.17, 15) is 17.6 Å². The first-order valence-corrected chi connectivity index (χ1v) is 12.4. The van der Waals surface area contributed by atoms with E-state index in [0.29, 0.717) is 22.6 Å². The third kappa shape index (κ3) is 6.33. The molecule has 8 heteroatoms. The molecule has 0 spiro atoms. The first-order chi connectivity index (χ1) is 15.3. The highest BCUT2D eigenvalue weighted by atomic mass is 35.5. The number of hydrogen-bond acceptors (Lipinski definition) is 4. The van der Waals surface area contributed by atoms with Gasteiger partial charge in [0.15, 0.2) is 9.84 Å². The number of carbonyl (C=O) groups excluding carboxylic acids is 1. The van der Waals surface area contributed by atoms with E-state index in [1.54, 1.807) is 18.2 Å². The lowest BCUT2D eigenvalue weighted by Crippen LogP contribution is -2.18. The Balaban J connectivity index is 1.92. The van der Waals surface area contributed by atoms with E-state index in [4.69, 9.17) is 16.3 Å². The predicted molar refractivity (Wildman–Crippen MR) is 128 cm³/mol. The van der Waals surface area contributed by atoms with Crippen molar-refractivity contribution in [2.24, 2.45) is 0 Å². The Morgan fingerprint density at radius 3 is 2.42 bits per heavy atom. The van der Waals surface area contributed by atoms with Gasteiger partial charge >= 0.3 is 0 Å². The molecule has 0 heterocycles. The van der Waals surface area contributed by atoms with E-state index in [-0.39, 0.29) is 21.9 Å². The standard InChI is InChI=1S/C25H25ClFNO4S/c1-25(2,3)17-8-10-21(16(12-17)15-32-23-11-9-18(27)13-22(23)26)24(29)28-19-6-5-7-20(14-19)33(4,30)31/h5-14H,15H2,1-4H3,(H,28,29). The van der Waals surface area contributed by atoms with Gasteiger partial charge in [0.25, 0.3) is 5.91 Å². The maximum atomic E-state index is 13.3. The third-order valence-electron chi connectivity index (χ3n) is 5.01. The number of hydrogen-bond donors (Lipinski definition) is 1. The van der Waals surface area contributed by atoms with Crippen molar-refractivity contribution in [3.63, 3.8) is 0 Å². The van der Waals surface area contributed by atoms with Crippen LogP contribution in [0.25, 0.3) is 0 Å². The van der Waals surface area contributed by atoms with Gasteiger partial charge in [-0.15, -0.1) is 0 Å². The lowest BCUT2D eigenvalue weighted by atomic mass is 9.85. The summed E-state index contributed by atoms with van der Waals surface area (Å²) in [6.45, 7) is 6.20. The molecule has 3 aromatic rings. The first kappa shape index (κ1) is 24.7. The highest BCUT2D eigenvalue weighted by Crippen LogP contribution is 2.29. The minimum atomic E-state index is -3.41. The van der Waals surface area contributed by atoms with Crippen molar-refractivity contribution in [2.75, 3.05) is 11.6 Å². The van der Waals surface area contributed by atoms with Crippen LogP contribution in [0.1, 0.15) is 42.3 Å². The van der Waals surface area contributed by atoms with Crippen LogP contribution < -0.4 is 10.1 Å². The monoisotopic (exact) mass is 489 g/mol. The zero-order valence-electron chi connectivity index (χ0n) is 18.8. The van der Waals surface area contributed by atoms with Crippen molar-refractivity contribution in [3.05, 3.63) is 88.2 Å². The molecule has 0 radical (unpaired) electrons. The van der Waals surface area contributed by atoms with E-state index in [1.807, 2.05) is 12.1 Å². The number of rotatable bonds is 6. The molecular weight excluding hydrogens is 465 g/mol. The van der Waals surface area contributed by atoms with Crippen molar-refractivity contribution >= 4 is 33.0 Å². The van der Waals surface area contributed by atoms with Gasteiger partial charge in [0, 0.05) is 23.1 Å². The molecule has 0 saturated carbocycles. The summed E-state index contributed by atoms with van der Waals surface area (Å²) >= 11 is 6.07. The van der Waals surface area contributed by atoms with Crippen molar-refractivity contribution in [1.29, 1.82) is 0 Å². The Bertz CT molecular complexity index is 1300. The molecule has 0 aromatic heterocycles. The van der Waals surface area contributed by atoms with Gasteiger partial charge in [-0.2, -0.15) is 0 Å². The fraction of sp³-hybridized carbons (Fsp3) is 0.240. The Kier molecular flexibility index (Phi) is 7.14. The summed E-state index contributed by atoms with van der Waals surface area (Å²) in [5, 5.41) is 2.88. The Labute approximate surface area is 198 Å². The topological polar surface area (TPSA) is 72.5 Å². The number of ether oxygens (including phenoxy) is 1. The lowest BCUT2D eigenvalue weighted by Gasteiger charge is -2.21. The molecule has 1 amide bonds. The number of nitrogens with one attached hydrogen (secondary N) is 1. The van der Waals surface area contributed by atoms with Crippen LogP contribution in [0.15, 0.2) is 65.6 Å². The fourth-order valence-electron chi connectivity index (χ4n) is 3.15. The maximum absolute atomic E-state index is 13.3. The lowest BCUT2D eigenvalue weighted by molar-refractivity contribution is 0.102. The molecule has 0 atom stereocenters. The quantitative estimate of drug-likeness (QED) is 0.460. The van der Waals surface area contributed by atoms with Crippen molar-refractivity contribution in [3.8, 4) is 5.75 Å². The van der Waals surface area contributed by atoms with Gasteiger partial charge in [-0.1, -0.05) is 50.6 Å². The summed E-state index contributed by atoms with van der Waals surface area (Å²) in [5.41, 5.74) is 2.17. The maximum Gasteiger partial charge on any atom is 0.256 e. The Hall–Kier alpha value is -2.90. The zero-order valence-corrected chi connectivity index (χ0v) is 20.4. The highest BCUT2D eigenvalue weighted by Gasteiger charge is 2.19. The van der Waals surface area contributed by atoms with E-state index in [1.165, 1.54) is 24.3 Å². The first-order valence-electron chi connectivity index (χ1n) is 10.2. The number of carbonyl (C=O) groups is 1. The van der Waals surface area contributed by atoms with Gasteiger partial charge in [0.1, 0.15) is 18.2 Å². The van der Waals surface area contributed by atoms with Crippen LogP contribution >= 0.6 is 11.6 Å². The molecule has 0 saturated heterocycles. The van der Waals surface area contributed by atoms with Crippen molar-refractivity contribution in [1.82, 2.24) is 0 Å². The van der Waals surface area contributed by atoms with Crippen molar-refractivity contribution in [2.45, 2.75) is 37.7 Å². The molecule has 0 aliphatic carbocycles. The van der Waals surface area contributed by atoms with Gasteiger partial charge in [-0.05, 0) is 53.4 Å². The van der Waals surface area contributed by atoms with Gasteiger partial charge in [0.05, 0.1) is 9.92 Å². The summed E-state index contributed by atoms with van der Waals surface area (Å²) < 4.78 is 42.8. The van der Waals surface area contributed by atoms with Crippen LogP contribution in [0.3, 0.4) is 0 Å². The predicted octanol–water partition coefficient (Wildman–Crippen LogP) is 6.01. The van der Waals surface area contributed by atoms with Crippen LogP contribution in [0.4, 0.5) is 10.1 Å². The summed E-state index contributed by atoms with van der Waals surface area (Å²) in [4.78, 5) is 13.2. The molecule has 1 N–H and O–H groups in total. The minimum absolute atomic E-state index is 0.0292. The average Bonchev–Trinajstić information content (AvgIpc) is 2.72. The summed E-state index contributed by atoms with van der Waals surface area (Å²) in [6.07, 6.45) is 1.11. The van der Waals surface area contributed by atoms with Crippen LogP contribution in [0.2, 0.25) is 5.02 Å². The molecule has 0 aliphatic heterocycles. The van der Waals surface area contributed by atoms with Crippen LogP contribution in [-0.2, 0) is 21.9 Å². The second-order valence-electron chi connectivity index (χ2n) is 8.74. The number of amides is 1. The Morgan fingerprint density at radius 2 is 1.79 bits per heavy atom. The number of anilines is 1. The second kappa shape index (κ2) is 9.53. The molecular formula is C25H25ClFNO4S. The average molecular weight is 490 g/mol. The van der Waals surface area contributed by atoms with Crippen LogP contribution in [0.5, 0.6) is 5.75 Å². The van der Waals surface area contributed by atoms with Gasteiger partial charge in [-0.25, -0.2) is 12.8 Å². The number of halogens is 2. The van der Waals surface area contributed by atoms with Crippen LogP contribution in [0, 0.1) is 5.82 Å². The molecule has 3 aromatic carbocycles. The normalized spacial score (nSPS) is 11.8. The van der Waals surface area contributed by atoms with Gasteiger partial charge in [-0.3, -0.25) is 4.79 Å². The smallest absolute Gasteiger partial charge is 0.256 e. The van der Waals surface area contributed by atoms with E-state index < -0.39 is 21.6 Å². The fourth-order valence-corrected chi connectivity index (χ4v) is 4.04. The van der Waals surface area contributed by atoms with Gasteiger partial charge in [0.2, 0.25) is 0 Å². The van der Waals surface area contributed by atoms with Gasteiger partial charge < -0.3 is 10.1 Å². The third-order valence-corrected chi connectivity index (χ3v) is 6.42. The van der Waals surface area contributed by atoms with Crippen LogP contribution in [-0.4, -0.2) is 20.6 Å². The van der Waals surface area contributed by atoms with E-state index in [2.05, 4.69) is 26.1 Å². The molecule has 33 heavy (non-hydrogen) atoms. The number of benzene rings is 3. The summed E-state index contributed by atoms with van der Waals surface area (Å²) in [6, 6.07) is 15.4. The molecule has 174 valence electrons. The zero-order chi connectivity index (χ0) is 24.4. The number of sulfone groups is 1. The summed E-state index contributed by atoms with van der Waals surface area (Å²) in [5.74, 6) is -0.588. The molecule has 0 bridgehead atoms. The SMILES string of the molecule is CC(C)(C)c1ccc(C(=O)Nc2cccc(S(C)(=O)=O)c2)c(COc2ccc(F)cc2Cl)c1. The molecule has 0 unspecified atom stereocenters. The molecule has 5 nitrogen and oxygen atoms in total. The Morgan fingerprint density at radius 1 is 1.06 bits per heavy atom.